The van der Waals surface area contributed by atoms with E-state index in [1.165, 1.54) is 44.3 Å². The predicted octanol–water partition coefficient (Wildman–Crippen LogP) is 2.97. The maximum absolute atomic E-state index is 6.05. The number of para-hydroxylation sites is 1. The molecule has 0 saturated carbocycles. The van der Waals surface area contributed by atoms with Crippen molar-refractivity contribution in [2.24, 2.45) is 0 Å². The Balaban J connectivity index is 1.84. The Bertz CT molecular complexity index is 405. The second-order valence-electron chi connectivity index (χ2n) is 5.99. The summed E-state index contributed by atoms with van der Waals surface area (Å²) in [6.45, 7) is 6.73. The van der Waals surface area contributed by atoms with E-state index in [9.17, 15) is 0 Å². The number of piperidine rings is 1. The molecule has 20 heavy (non-hydrogen) atoms. The number of nitrogens with zero attached hydrogens (tertiary/aromatic N) is 2. The van der Waals surface area contributed by atoms with Gasteiger partial charge in [0.25, 0.3) is 0 Å². The van der Waals surface area contributed by atoms with Crippen LogP contribution in [0.1, 0.15) is 38.2 Å². The molecule has 1 atom stereocenters. The van der Waals surface area contributed by atoms with Crippen LogP contribution in [0.25, 0.3) is 0 Å². The lowest BCUT2D eigenvalue weighted by molar-refractivity contribution is 0.153. The fourth-order valence-electron chi connectivity index (χ4n) is 3.11. The van der Waals surface area contributed by atoms with Crippen molar-refractivity contribution >= 4 is 5.69 Å². The topological polar surface area (TPSA) is 32.5 Å². The van der Waals surface area contributed by atoms with E-state index in [-0.39, 0.29) is 0 Å². The molecular formula is C17H29N3. The first-order valence-corrected chi connectivity index (χ1v) is 7.96. The second kappa shape index (κ2) is 7.65. The van der Waals surface area contributed by atoms with Gasteiger partial charge in [-0.1, -0.05) is 31.5 Å². The van der Waals surface area contributed by atoms with Gasteiger partial charge in [0.05, 0.1) is 0 Å². The Morgan fingerprint density at radius 1 is 1.30 bits per heavy atom. The molecule has 2 N–H and O–H groups in total. The van der Waals surface area contributed by atoms with Crippen LogP contribution < -0.4 is 5.73 Å². The smallest absolute Gasteiger partial charge is 0.0359 e. The van der Waals surface area contributed by atoms with Gasteiger partial charge in [-0.05, 0) is 57.6 Å². The average Bonchev–Trinajstić information content (AvgIpc) is 2.47. The van der Waals surface area contributed by atoms with Gasteiger partial charge in [0, 0.05) is 18.3 Å². The zero-order valence-corrected chi connectivity index (χ0v) is 13.0. The summed E-state index contributed by atoms with van der Waals surface area (Å²) >= 11 is 0. The Hall–Kier alpha value is -1.06. The highest BCUT2D eigenvalue weighted by Gasteiger charge is 2.19. The van der Waals surface area contributed by atoms with Crippen molar-refractivity contribution in [3.63, 3.8) is 0 Å². The Morgan fingerprint density at radius 3 is 2.80 bits per heavy atom. The van der Waals surface area contributed by atoms with Crippen LogP contribution in [0.3, 0.4) is 0 Å². The SMILES string of the molecule is CCN(CCC1CCCCN1C)Cc1ccccc1N. The molecule has 2 rings (SSSR count). The number of rotatable bonds is 6. The lowest BCUT2D eigenvalue weighted by atomic mass is 10.00. The molecule has 1 aromatic carbocycles. The first-order valence-electron chi connectivity index (χ1n) is 7.96. The maximum Gasteiger partial charge on any atom is 0.0359 e. The Kier molecular flexibility index (Phi) is 5.86. The predicted molar refractivity (Wildman–Crippen MR) is 86.7 cm³/mol. The fourth-order valence-corrected chi connectivity index (χ4v) is 3.11. The minimum atomic E-state index is 0.769. The molecule has 1 unspecified atom stereocenters. The molecular weight excluding hydrogens is 246 g/mol. The van der Waals surface area contributed by atoms with Crippen molar-refractivity contribution in [2.45, 2.75) is 45.2 Å². The number of hydrogen-bond donors (Lipinski definition) is 1. The van der Waals surface area contributed by atoms with Gasteiger partial charge >= 0.3 is 0 Å². The largest absolute Gasteiger partial charge is 0.398 e. The highest BCUT2D eigenvalue weighted by atomic mass is 15.2. The van der Waals surface area contributed by atoms with Crippen molar-refractivity contribution in [2.75, 3.05) is 32.4 Å². The van der Waals surface area contributed by atoms with Crippen molar-refractivity contribution in [1.29, 1.82) is 0 Å². The van der Waals surface area contributed by atoms with Gasteiger partial charge in [0.1, 0.15) is 0 Å². The lowest BCUT2D eigenvalue weighted by Gasteiger charge is -2.34. The molecule has 1 aliphatic heterocycles. The van der Waals surface area contributed by atoms with Gasteiger partial charge in [-0.3, -0.25) is 4.90 Å². The average molecular weight is 275 g/mol. The summed E-state index contributed by atoms with van der Waals surface area (Å²) in [4.78, 5) is 5.04. The molecule has 1 aromatic rings. The Morgan fingerprint density at radius 2 is 2.10 bits per heavy atom. The highest BCUT2D eigenvalue weighted by Crippen LogP contribution is 2.19. The summed E-state index contributed by atoms with van der Waals surface area (Å²) in [5.41, 5.74) is 8.22. The van der Waals surface area contributed by atoms with Crippen LogP contribution in [0.4, 0.5) is 5.69 Å². The van der Waals surface area contributed by atoms with Crippen LogP contribution in [-0.4, -0.2) is 42.5 Å². The number of hydrogen-bond acceptors (Lipinski definition) is 3. The third kappa shape index (κ3) is 4.22. The van der Waals surface area contributed by atoms with Crippen LogP contribution in [0.15, 0.2) is 24.3 Å². The first-order chi connectivity index (χ1) is 9.70. The van der Waals surface area contributed by atoms with Crippen molar-refractivity contribution < 1.29 is 0 Å². The van der Waals surface area contributed by atoms with Gasteiger partial charge in [-0.15, -0.1) is 0 Å². The van der Waals surface area contributed by atoms with Gasteiger partial charge in [0.2, 0.25) is 0 Å². The van der Waals surface area contributed by atoms with Gasteiger partial charge in [0.15, 0.2) is 0 Å². The quantitative estimate of drug-likeness (QED) is 0.810. The number of likely N-dealkylation sites (tertiary alicyclic amines) is 1. The number of anilines is 1. The molecule has 0 spiro atoms. The molecule has 0 amide bonds. The van der Waals surface area contributed by atoms with E-state index in [1.807, 2.05) is 12.1 Å². The highest BCUT2D eigenvalue weighted by molar-refractivity contribution is 5.46. The van der Waals surface area contributed by atoms with Gasteiger partial charge in [-0.2, -0.15) is 0 Å². The van der Waals surface area contributed by atoms with Crippen LogP contribution in [0, 0.1) is 0 Å². The number of nitrogen functional groups attached to an aromatic ring is 1. The maximum atomic E-state index is 6.05. The van der Waals surface area contributed by atoms with Crippen molar-refractivity contribution in [3.05, 3.63) is 29.8 Å². The van der Waals surface area contributed by atoms with Crippen LogP contribution >= 0.6 is 0 Å². The number of benzene rings is 1. The Labute approximate surface area is 123 Å². The molecule has 0 aromatic heterocycles. The normalized spacial score (nSPS) is 20.4. The number of nitrogens with two attached hydrogens (primary N) is 1. The molecule has 3 nitrogen and oxygen atoms in total. The van der Waals surface area contributed by atoms with Gasteiger partial charge < -0.3 is 10.6 Å². The minimum Gasteiger partial charge on any atom is -0.398 e. The lowest BCUT2D eigenvalue weighted by Crippen LogP contribution is -2.39. The van der Waals surface area contributed by atoms with E-state index in [0.29, 0.717) is 0 Å². The van der Waals surface area contributed by atoms with Crippen LogP contribution in [0.5, 0.6) is 0 Å². The summed E-state index contributed by atoms with van der Waals surface area (Å²) in [6.07, 6.45) is 5.40. The van der Waals surface area contributed by atoms with Crippen LogP contribution in [-0.2, 0) is 6.54 Å². The molecule has 0 aliphatic carbocycles. The van der Waals surface area contributed by atoms with E-state index in [4.69, 9.17) is 5.73 Å². The zero-order valence-electron chi connectivity index (χ0n) is 13.0. The molecule has 1 fully saturated rings. The third-order valence-electron chi connectivity index (χ3n) is 4.60. The molecule has 0 bridgehead atoms. The van der Waals surface area contributed by atoms with Crippen molar-refractivity contribution in [1.82, 2.24) is 9.80 Å². The summed E-state index contributed by atoms with van der Waals surface area (Å²) < 4.78 is 0. The zero-order chi connectivity index (χ0) is 14.4. The minimum absolute atomic E-state index is 0.769. The molecule has 3 heteroatoms. The summed E-state index contributed by atoms with van der Waals surface area (Å²) in [7, 11) is 2.27. The van der Waals surface area contributed by atoms with E-state index in [2.05, 4.69) is 35.9 Å². The molecule has 1 saturated heterocycles. The van der Waals surface area contributed by atoms with E-state index >= 15 is 0 Å². The van der Waals surface area contributed by atoms with Crippen molar-refractivity contribution in [3.8, 4) is 0 Å². The van der Waals surface area contributed by atoms with E-state index in [1.54, 1.807) is 0 Å². The molecule has 1 heterocycles. The summed E-state index contributed by atoms with van der Waals surface area (Å²) in [6, 6.07) is 8.99. The van der Waals surface area contributed by atoms with Gasteiger partial charge in [-0.25, -0.2) is 0 Å². The molecule has 0 radical (unpaired) electrons. The third-order valence-corrected chi connectivity index (χ3v) is 4.60. The van der Waals surface area contributed by atoms with E-state index < -0.39 is 0 Å². The standard InChI is InChI=1S/C17H29N3/c1-3-20(14-15-8-4-5-10-17(15)18)13-11-16-9-6-7-12-19(16)2/h4-5,8,10,16H,3,6-7,9,11-14,18H2,1-2H3. The molecule has 1 aliphatic rings. The van der Waals surface area contributed by atoms with Crippen LogP contribution in [0.2, 0.25) is 0 Å². The molecule has 112 valence electrons. The summed E-state index contributed by atoms with van der Waals surface area (Å²) in [5.74, 6) is 0. The first kappa shape index (κ1) is 15.3. The fraction of sp³-hybridized carbons (Fsp3) is 0.647. The van der Waals surface area contributed by atoms with E-state index in [0.717, 1.165) is 24.8 Å². The second-order valence-corrected chi connectivity index (χ2v) is 5.99. The summed E-state index contributed by atoms with van der Waals surface area (Å²) in [5, 5.41) is 0. The monoisotopic (exact) mass is 275 g/mol.